The number of anilines is 1. The molecule has 2 atom stereocenters. The highest BCUT2D eigenvalue weighted by atomic mass is 32.2. The summed E-state index contributed by atoms with van der Waals surface area (Å²) in [6, 6.07) is 7.72. The molecule has 0 radical (unpaired) electrons. The van der Waals surface area contributed by atoms with Gasteiger partial charge in [-0.3, -0.25) is 14.3 Å². The summed E-state index contributed by atoms with van der Waals surface area (Å²) in [5.41, 5.74) is 4.84. The molecule has 6 N–H and O–H groups in total. The molecule has 1 saturated heterocycles. The zero-order valence-corrected chi connectivity index (χ0v) is 20.6. The van der Waals surface area contributed by atoms with E-state index in [0.29, 0.717) is 26.0 Å². The van der Waals surface area contributed by atoms with Crippen LogP contribution in [-0.2, 0) is 31.9 Å². The highest BCUT2D eigenvalue weighted by molar-refractivity contribution is 7.91. The van der Waals surface area contributed by atoms with Crippen molar-refractivity contribution >= 4 is 27.6 Å². The molecule has 14 heteroatoms. The SMILES string of the molecule is CCOC1C(NC(=O)Cn2cccc(NS(=O)(=O)Cc3ccccc3F)c2=O)CCCN1/C(N)=N/N. The minimum absolute atomic E-state index is 0.0358. The van der Waals surface area contributed by atoms with E-state index in [1.165, 1.54) is 36.5 Å². The van der Waals surface area contributed by atoms with E-state index in [2.05, 4.69) is 15.1 Å². The number of aromatic nitrogens is 1. The van der Waals surface area contributed by atoms with E-state index in [0.717, 1.165) is 10.6 Å². The minimum atomic E-state index is -4.09. The maximum atomic E-state index is 13.9. The molecule has 1 aromatic carbocycles. The maximum Gasteiger partial charge on any atom is 0.275 e. The van der Waals surface area contributed by atoms with Gasteiger partial charge in [0, 0.05) is 24.9 Å². The van der Waals surface area contributed by atoms with E-state index >= 15 is 0 Å². The van der Waals surface area contributed by atoms with Crippen molar-refractivity contribution in [1.29, 1.82) is 0 Å². The number of likely N-dealkylation sites (tertiary alicyclic amines) is 1. The number of nitrogens with two attached hydrogens (primary N) is 2. The van der Waals surface area contributed by atoms with Crippen LogP contribution in [0.5, 0.6) is 0 Å². The van der Waals surface area contributed by atoms with Crippen molar-refractivity contribution in [3.05, 3.63) is 64.3 Å². The number of amides is 1. The molecule has 2 heterocycles. The van der Waals surface area contributed by atoms with Crippen LogP contribution in [0, 0.1) is 5.82 Å². The monoisotopic (exact) mass is 523 g/mol. The van der Waals surface area contributed by atoms with Crippen LogP contribution >= 0.6 is 0 Å². The van der Waals surface area contributed by atoms with Gasteiger partial charge in [-0.1, -0.05) is 18.2 Å². The Morgan fingerprint density at radius 3 is 2.72 bits per heavy atom. The Bertz CT molecular complexity index is 1270. The topological polar surface area (TPSA) is 174 Å². The molecule has 0 bridgehead atoms. The zero-order chi connectivity index (χ0) is 26.3. The molecule has 2 aromatic rings. The molecule has 36 heavy (non-hydrogen) atoms. The predicted molar refractivity (Wildman–Crippen MR) is 132 cm³/mol. The highest BCUT2D eigenvalue weighted by Crippen LogP contribution is 2.19. The molecule has 12 nitrogen and oxygen atoms in total. The summed E-state index contributed by atoms with van der Waals surface area (Å²) in [5.74, 6) is 3.59. The van der Waals surface area contributed by atoms with Gasteiger partial charge in [0.1, 0.15) is 18.0 Å². The van der Waals surface area contributed by atoms with Crippen LogP contribution < -0.4 is 27.2 Å². The van der Waals surface area contributed by atoms with Crippen molar-refractivity contribution in [2.24, 2.45) is 16.7 Å². The minimum Gasteiger partial charge on any atom is -0.368 e. The van der Waals surface area contributed by atoms with Crippen LogP contribution in [0.15, 0.2) is 52.5 Å². The number of carbonyl (C=O) groups excluding carboxylic acids is 1. The van der Waals surface area contributed by atoms with Crippen molar-refractivity contribution < 1.29 is 22.3 Å². The molecule has 1 fully saturated rings. The quantitative estimate of drug-likeness (QED) is 0.154. The molecule has 1 aliphatic rings. The Morgan fingerprint density at radius 1 is 1.28 bits per heavy atom. The van der Waals surface area contributed by atoms with E-state index in [1.54, 1.807) is 11.8 Å². The van der Waals surface area contributed by atoms with Gasteiger partial charge < -0.3 is 31.1 Å². The second-order valence-corrected chi connectivity index (χ2v) is 9.87. The highest BCUT2D eigenvalue weighted by Gasteiger charge is 2.34. The Balaban J connectivity index is 1.71. The second-order valence-electron chi connectivity index (χ2n) is 8.15. The molecule has 0 spiro atoms. The summed E-state index contributed by atoms with van der Waals surface area (Å²) in [5, 5.41) is 6.36. The van der Waals surface area contributed by atoms with E-state index in [-0.39, 0.29) is 23.8 Å². The fraction of sp³-hybridized carbons (Fsp3) is 0.409. The number of benzene rings is 1. The molecular formula is C22H30FN7O5S. The number of hydrazone groups is 1. The van der Waals surface area contributed by atoms with Gasteiger partial charge in [0.15, 0.2) is 6.23 Å². The van der Waals surface area contributed by atoms with E-state index < -0.39 is 45.3 Å². The van der Waals surface area contributed by atoms with Crippen molar-refractivity contribution in [3.8, 4) is 0 Å². The lowest BCUT2D eigenvalue weighted by Gasteiger charge is -2.41. The standard InChI is InChI=1S/C22H30FN7O5S/c1-2-35-21-18(10-6-12-30(21)22(24)27-25)26-19(31)13-29-11-5-9-17(20(29)32)28-36(33,34)14-15-7-3-4-8-16(15)23/h3-5,7-9,11,18,21,28H,2,6,10,12-14,25H2,1H3,(H2,24,27)(H,26,31). The molecule has 1 amide bonds. The van der Waals surface area contributed by atoms with Crippen molar-refractivity contribution in [1.82, 2.24) is 14.8 Å². The van der Waals surface area contributed by atoms with Crippen LogP contribution in [0.1, 0.15) is 25.3 Å². The lowest BCUT2D eigenvalue weighted by atomic mass is 10.0. The number of sulfonamides is 1. The Labute approximate surface area is 208 Å². The second kappa shape index (κ2) is 11.9. The number of rotatable bonds is 9. The van der Waals surface area contributed by atoms with Gasteiger partial charge in [-0.2, -0.15) is 0 Å². The first-order valence-corrected chi connectivity index (χ1v) is 12.9. The van der Waals surface area contributed by atoms with Crippen molar-refractivity contribution in [2.75, 3.05) is 17.9 Å². The predicted octanol–water partition coefficient (Wildman–Crippen LogP) is 0.0609. The van der Waals surface area contributed by atoms with E-state index in [4.69, 9.17) is 16.3 Å². The molecule has 1 aliphatic heterocycles. The summed E-state index contributed by atoms with van der Waals surface area (Å²) in [4.78, 5) is 27.3. The summed E-state index contributed by atoms with van der Waals surface area (Å²) >= 11 is 0. The normalized spacial score (nSPS) is 18.6. The van der Waals surface area contributed by atoms with Crippen LogP contribution in [0.2, 0.25) is 0 Å². The fourth-order valence-electron chi connectivity index (χ4n) is 3.98. The van der Waals surface area contributed by atoms with Gasteiger partial charge in [-0.15, -0.1) is 5.10 Å². The fourth-order valence-corrected chi connectivity index (χ4v) is 5.18. The molecule has 196 valence electrons. The van der Waals surface area contributed by atoms with E-state index in [9.17, 15) is 22.4 Å². The lowest BCUT2D eigenvalue weighted by molar-refractivity contribution is -0.126. The Kier molecular flexibility index (Phi) is 8.88. The van der Waals surface area contributed by atoms with Crippen LogP contribution in [0.25, 0.3) is 0 Å². The van der Waals surface area contributed by atoms with Crippen LogP contribution in [-0.4, -0.2) is 55.2 Å². The summed E-state index contributed by atoms with van der Waals surface area (Å²) in [7, 11) is -4.09. The third kappa shape index (κ3) is 6.73. The first-order chi connectivity index (χ1) is 17.1. The van der Waals surface area contributed by atoms with E-state index in [1.807, 2.05) is 0 Å². The number of nitrogens with zero attached hydrogens (tertiary/aromatic N) is 3. The third-order valence-electron chi connectivity index (χ3n) is 5.58. The number of pyridine rings is 1. The number of halogens is 1. The number of nitrogens with one attached hydrogen (secondary N) is 2. The summed E-state index contributed by atoms with van der Waals surface area (Å²) in [6.07, 6.45) is 2.08. The van der Waals surface area contributed by atoms with Gasteiger partial charge in [0.2, 0.25) is 21.9 Å². The Morgan fingerprint density at radius 2 is 2.03 bits per heavy atom. The zero-order valence-electron chi connectivity index (χ0n) is 19.8. The van der Waals surface area contributed by atoms with Gasteiger partial charge >= 0.3 is 0 Å². The van der Waals surface area contributed by atoms with Crippen LogP contribution in [0.3, 0.4) is 0 Å². The van der Waals surface area contributed by atoms with Gasteiger partial charge in [0.05, 0.1) is 11.8 Å². The van der Waals surface area contributed by atoms with Gasteiger partial charge in [-0.05, 0) is 38.0 Å². The average molecular weight is 524 g/mol. The third-order valence-corrected chi connectivity index (χ3v) is 6.80. The molecule has 3 rings (SSSR count). The molecule has 0 saturated carbocycles. The maximum absolute atomic E-state index is 13.9. The largest absolute Gasteiger partial charge is 0.368 e. The molecule has 1 aromatic heterocycles. The summed E-state index contributed by atoms with van der Waals surface area (Å²) in [6.45, 7) is 2.36. The number of piperidine rings is 1. The number of hydrogen-bond donors (Lipinski definition) is 4. The number of guanidine groups is 1. The molecule has 2 unspecified atom stereocenters. The van der Waals surface area contributed by atoms with Crippen molar-refractivity contribution in [3.63, 3.8) is 0 Å². The Hall–Kier alpha value is -3.65. The number of carbonyl (C=O) groups is 1. The lowest BCUT2D eigenvalue weighted by Crippen LogP contribution is -2.60. The van der Waals surface area contributed by atoms with Gasteiger partial charge in [0.25, 0.3) is 5.56 Å². The number of hydrogen-bond acceptors (Lipinski definition) is 7. The van der Waals surface area contributed by atoms with Crippen molar-refractivity contribution in [2.45, 2.75) is 44.3 Å². The van der Waals surface area contributed by atoms with Gasteiger partial charge in [-0.25, -0.2) is 12.8 Å². The molecular weight excluding hydrogens is 493 g/mol. The first-order valence-electron chi connectivity index (χ1n) is 11.3. The number of ether oxygens (including phenoxy) is 1. The van der Waals surface area contributed by atoms with Crippen LogP contribution in [0.4, 0.5) is 10.1 Å². The summed E-state index contributed by atoms with van der Waals surface area (Å²) < 4.78 is 47.9. The first kappa shape index (κ1) is 26.9. The molecule has 0 aliphatic carbocycles. The smallest absolute Gasteiger partial charge is 0.275 e. The average Bonchev–Trinajstić information content (AvgIpc) is 2.83.